The van der Waals surface area contributed by atoms with Crippen molar-refractivity contribution in [2.45, 2.75) is 6.54 Å². The zero-order valence-corrected chi connectivity index (χ0v) is 12.1. The molecule has 0 amide bonds. The summed E-state index contributed by atoms with van der Waals surface area (Å²) in [6, 6.07) is 10.2. The molecule has 8 nitrogen and oxygen atoms in total. The van der Waals surface area contributed by atoms with Gasteiger partial charge >= 0.3 is 5.97 Å². The number of nitro benzene ring substituents is 1. The van der Waals surface area contributed by atoms with E-state index >= 15 is 0 Å². The third kappa shape index (κ3) is 3.24. The van der Waals surface area contributed by atoms with Crippen molar-refractivity contribution in [1.29, 1.82) is 5.26 Å². The highest BCUT2D eigenvalue weighted by atomic mass is 16.6. The van der Waals surface area contributed by atoms with Gasteiger partial charge in [0.15, 0.2) is 0 Å². The van der Waals surface area contributed by atoms with Gasteiger partial charge in [0.25, 0.3) is 11.2 Å². The molecule has 116 valence electrons. The van der Waals surface area contributed by atoms with Crippen LogP contribution in [0.3, 0.4) is 0 Å². The highest BCUT2D eigenvalue weighted by Crippen LogP contribution is 2.23. The van der Waals surface area contributed by atoms with Crippen molar-refractivity contribution in [1.82, 2.24) is 4.57 Å². The van der Waals surface area contributed by atoms with E-state index in [1.807, 2.05) is 0 Å². The molecule has 8 heteroatoms. The van der Waals surface area contributed by atoms with Crippen LogP contribution in [0.15, 0.2) is 41.2 Å². The van der Waals surface area contributed by atoms with Gasteiger partial charge in [-0.2, -0.15) is 5.26 Å². The van der Waals surface area contributed by atoms with Crippen LogP contribution in [0, 0.1) is 21.4 Å². The van der Waals surface area contributed by atoms with Gasteiger partial charge in [-0.3, -0.25) is 24.3 Å². The van der Waals surface area contributed by atoms with Crippen LogP contribution < -0.4 is 5.56 Å². The Bertz CT molecular complexity index is 879. The number of pyridine rings is 1. The van der Waals surface area contributed by atoms with Crippen molar-refractivity contribution in [3.8, 4) is 17.3 Å². The SMILES string of the molecule is COC(=O)Cn1c(-c2cccc([N+](=O)[O-])c2)ccc(C#N)c1=O. The lowest BCUT2D eigenvalue weighted by Crippen LogP contribution is -2.28. The number of hydrogen-bond acceptors (Lipinski definition) is 6. The zero-order valence-electron chi connectivity index (χ0n) is 12.1. The first kappa shape index (κ1) is 15.9. The van der Waals surface area contributed by atoms with Crippen molar-refractivity contribution in [2.75, 3.05) is 7.11 Å². The van der Waals surface area contributed by atoms with Gasteiger partial charge in [-0.05, 0) is 12.1 Å². The summed E-state index contributed by atoms with van der Waals surface area (Å²) >= 11 is 0. The molecule has 1 heterocycles. The normalized spacial score (nSPS) is 9.91. The molecule has 2 aromatic rings. The van der Waals surface area contributed by atoms with E-state index in [1.165, 1.54) is 37.4 Å². The third-order valence-corrected chi connectivity index (χ3v) is 3.16. The van der Waals surface area contributed by atoms with E-state index < -0.39 is 23.0 Å². The van der Waals surface area contributed by atoms with Crippen LogP contribution >= 0.6 is 0 Å². The van der Waals surface area contributed by atoms with Crippen molar-refractivity contribution in [3.05, 3.63) is 62.4 Å². The monoisotopic (exact) mass is 313 g/mol. The van der Waals surface area contributed by atoms with Crippen LogP contribution in [0.25, 0.3) is 11.3 Å². The van der Waals surface area contributed by atoms with Gasteiger partial charge < -0.3 is 4.74 Å². The minimum atomic E-state index is -0.672. The number of nitrogens with zero attached hydrogens (tertiary/aromatic N) is 3. The molecule has 0 bridgehead atoms. The van der Waals surface area contributed by atoms with E-state index in [4.69, 9.17) is 5.26 Å². The number of hydrogen-bond donors (Lipinski definition) is 0. The lowest BCUT2D eigenvalue weighted by Gasteiger charge is -2.12. The molecule has 0 N–H and O–H groups in total. The Morgan fingerprint density at radius 2 is 2.13 bits per heavy atom. The molecule has 0 unspecified atom stereocenters. The molecule has 2 rings (SSSR count). The van der Waals surface area contributed by atoms with E-state index in [2.05, 4.69) is 4.74 Å². The van der Waals surface area contributed by atoms with E-state index in [9.17, 15) is 19.7 Å². The zero-order chi connectivity index (χ0) is 17.0. The Balaban J connectivity index is 2.67. The van der Waals surface area contributed by atoms with Crippen LogP contribution in [-0.2, 0) is 16.1 Å². The minimum absolute atomic E-state index is 0.136. The topological polar surface area (TPSA) is 115 Å². The highest BCUT2D eigenvalue weighted by molar-refractivity contribution is 5.71. The van der Waals surface area contributed by atoms with Gasteiger partial charge in [-0.25, -0.2) is 0 Å². The molecule has 0 spiro atoms. The fourth-order valence-electron chi connectivity index (χ4n) is 2.04. The number of carbonyl (C=O) groups is 1. The van der Waals surface area contributed by atoms with Crippen LogP contribution in [0.5, 0.6) is 0 Å². The van der Waals surface area contributed by atoms with Crippen LogP contribution in [-0.4, -0.2) is 22.6 Å². The molecule has 1 aromatic heterocycles. The predicted octanol–water partition coefficient (Wildman–Crippen LogP) is 1.47. The van der Waals surface area contributed by atoms with Crippen LogP contribution in [0.1, 0.15) is 5.56 Å². The van der Waals surface area contributed by atoms with Gasteiger partial charge in [0, 0.05) is 17.7 Å². The number of ether oxygens (including phenoxy) is 1. The van der Waals surface area contributed by atoms with Crippen LogP contribution in [0.2, 0.25) is 0 Å². The summed E-state index contributed by atoms with van der Waals surface area (Å²) in [6.07, 6.45) is 0. The maximum Gasteiger partial charge on any atom is 0.325 e. The third-order valence-electron chi connectivity index (χ3n) is 3.16. The second-order valence-electron chi connectivity index (χ2n) is 4.52. The number of methoxy groups -OCH3 is 1. The summed E-state index contributed by atoms with van der Waals surface area (Å²) in [5, 5.41) is 19.8. The number of benzene rings is 1. The average molecular weight is 313 g/mol. The molecular weight excluding hydrogens is 302 g/mol. The largest absolute Gasteiger partial charge is 0.468 e. The van der Waals surface area contributed by atoms with Crippen molar-refractivity contribution < 1.29 is 14.5 Å². The number of aromatic nitrogens is 1. The van der Waals surface area contributed by atoms with E-state index in [0.717, 1.165) is 4.57 Å². The van der Waals surface area contributed by atoms with Crippen molar-refractivity contribution >= 4 is 11.7 Å². The lowest BCUT2D eigenvalue weighted by molar-refractivity contribution is -0.384. The summed E-state index contributed by atoms with van der Waals surface area (Å²) in [7, 11) is 1.18. The molecule has 0 fully saturated rings. The molecule has 1 aromatic carbocycles. The lowest BCUT2D eigenvalue weighted by atomic mass is 10.1. The quantitative estimate of drug-likeness (QED) is 0.479. The standard InChI is InChI=1S/C15H11N3O5/c1-23-14(19)9-17-13(6-5-11(8-16)15(17)20)10-3-2-4-12(7-10)18(21)22/h2-7H,9H2,1H3. The molecule has 0 aliphatic heterocycles. The maximum atomic E-state index is 12.3. The van der Waals surface area contributed by atoms with E-state index in [-0.39, 0.29) is 16.9 Å². The molecule has 0 saturated heterocycles. The molecule has 23 heavy (non-hydrogen) atoms. The summed E-state index contributed by atoms with van der Waals surface area (Å²) in [6.45, 7) is -0.400. The van der Waals surface area contributed by atoms with Gasteiger partial charge in [-0.1, -0.05) is 12.1 Å². The Hall–Kier alpha value is -3.47. The number of carbonyl (C=O) groups excluding carboxylic acids is 1. The van der Waals surface area contributed by atoms with Crippen molar-refractivity contribution in [2.24, 2.45) is 0 Å². The van der Waals surface area contributed by atoms with Crippen LogP contribution in [0.4, 0.5) is 5.69 Å². The number of esters is 1. The Kier molecular flexibility index (Phi) is 4.52. The first-order chi connectivity index (χ1) is 11.0. The number of rotatable bonds is 4. The molecular formula is C15H11N3O5. The Morgan fingerprint density at radius 1 is 1.39 bits per heavy atom. The molecule has 0 aliphatic rings. The van der Waals surface area contributed by atoms with Crippen molar-refractivity contribution in [3.63, 3.8) is 0 Å². The smallest absolute Gasteiger partial charge is 0.325 e. The first-order valence-corrected chi connectivity index (χ1v) is 6.43. The molecule has 0 aliphatic carbocycles. The molecule has 0 atom stereocenters. The summed E-state index contributed by atoms with van der Waals surface area (Å²) in [5.41, 5.74) is -0.290. The Morgan fingerprint density at radius 3 is 2.74 bits per heavy atom. The number of nitro groups is 1. The Labute approximate surface area is 130 Å². The second kappa shape index (κ2) is 6.53. The predicted molar refractivity (Wildman–Crippen MR) is 79.5 cm³/mol. The fraction of sp³-hybridized carbons (Fsp3) is 0.133. The number of non-ortho nitro benzene ring substituents is 1. The molecule has 0 radical (unpaired) electrons. The van der Waals surface area contributed by atoms with E-state index in [0.29, 0.717) is 5.56 Å². The fourth-order valence-corrected chi connectivity index (χ4v) is 2.04. The maximum absolute atomic E-state index is 12.3. The number of nitriles is 1. The van der Waals surface area contributed by atoms with Gasteiger partial charge in [0.1, 0.15) is 18.2 Å². The summed E-state index contributed by atoms with van der Waals surface area (Å²) in [4.78, 5) is 34.1. The van der Waals surface area contributed by atoms with Gasteiger partial charge in [0.05, 0.1) is 17.7 Å². The van der Waals surface area contributed by atoms with E-state index in [1.54, 1.807) is 12.1 Å². The molecule has 0 saturated carbocycles. The minimum Gasteiger partial charge on any atom is -0.468 e. The summed E-state index contributed by atoms with van der Waals surface area (Å²) < 4.78 is 5.60. The highest BCUT2D eigenvalue weighted by Gasteiger charge is 2.15. The van der Waals surface area contributed by atoms with Gasteiger partial charge in [-0.15, -0.1) is 0 Å². The second-order valence-corrected chi connectivity index (χ2v) is 4.52. The average Bonchev–Trinajstić information content (AvgIpc) is 2.56. The summed E-state index contributed by atoms with van der Waals surface area (Å²) in [5.74, 6) is -0.672. The van der Waals surface area contributed by atoms with Gasteiger partial charge in [0.2, 0.25) is 0 Å². The first-order valence-electron chi connectivity index (χ1n) is 6.43.